The third-order valence-electron chi connectivity index (χ3n) is 6.94. The van der Waals surface area contributed by atoms with E-state index in [4.69, 9.17) is 4.74 Å². The number of amides is 2. The molecule has 0 bridgehead atoms. The number of fused-ring (bicyclic) bond motifs is 3. The highest BCUT2D eigenvalue weighted by atomic mass is 16.5. The number of benzene rings is 2. The molecular weight excluding hydrogens is 432 g/mol. The summed E-state index contributed by atoms with van der Waals surface area (Å²) in [7, 11) is 0. The van der Waals surface area contributed by atoms with Crippen LogP contribution in [0.5, 0.6) is 0 Å². The number of alkyl carbamates (subject to hydrolysis) is 1. The summed E-state index contributed by atoms with van der Waals surface area (Å²) in [6.45, 7) is 4.11. The molecule has 0 aliphatic heterocycles. The van der Waals surface area contributed by atoms with Crippen LogP contribution in [0, 0.1) is 11.8 Å². The number of nitrogens with one attached hydrogen (secondary N) is 2. The number of aliphatic carboxylic acids is 1. The molecular formula is C27H32N2O5. The van der Waals surface area contributed by atoms with Crippen molar-refractivity contribution in [1.29, 1.82) is 0 Å². The Morgan fingerprint density at radius 2 is 1.62 bits per heavy atom. The molecule has 1 fully saturated rings. The average molecular weight is 465 g/mol. The van der Waals surface area contributed by atoms with Gasteiger partial charge >= 0.3 is 12.1 Å². The monoisotopic (exact) mass is 464 g/mol. The van der Waals surface area contributed by atoms with Crippen LogP contribution in [-0.4, -0.2) is 41.8 Å². The van der Waals surface area contributed by atoms with Crippen molar-refractivity contribution < 1.29 is 24.2 Å². The first kappa shape index (κ1) is 23.8. The summed E-state index contributed by atoms with van der Waals surface area (Å²) in [5.74, 6) is -1.79. The second kappa shape index (κ2) is 9.87. The van der Waals surface area contributed by atoms with Crippen molar-refractivity contribution in [3.8, 4) is 11.1 Å². The Bertz CT molecular complexity index is 1030. The molecule has 2 aromatic rings. The lowest BCUT2D eigenvalue weighted by Gasteiger charge is -2.40. The topological polar surface area (TPSA) is 105 Å². The third kappa shape index (κ3) is 4.79. The van der Waals surface area contributed by atoms with Crippen LogP contribution in [0.1, 0.15) is 56.6 Å². The maximum atomic E-state index is 12.9. The molecule has 1 unspecified atom stereocenters. The molecule has 3 N–H and O–H groups in total. The van der Waals surface area contributed by atoms with Crippen molar-refractivity contribution in [2.45, 2.75) is 51.0 Å². The summed E-state index contributed by atoms with van der Waals surface area (Å²) < 4.78 is 5.61. The average Bonchev–Trinajstić information content (AvgIpc) is 3.11. The summed E-state index contributed by atoms with van der Waals surface area (Å²) in [6.07, 6.45) is 1.66. The molecule has 2 amide bonds. The number of carboxylic acid groups (broad SMARTS) is 1. The zero-order chi connectivity index (χ0) is 24.3. The lowest BCUT2D eigenvalue weighted by molar-refractivity contribution is -0.142. The van der Waals surface area contributed by atoms with Crippen LogP contribution in [-0.2, 0) is 14.3 Å². The van der Waals surface area contributed by atoms with Gasteiger partial charge in [-0.25, -0.2) is 4.79 Å². The van der Waals surface area contributed by atoms with E-state index < -0.39 is 23.5 Å². The van der Waals surface area contributed by atoms with Crippen molar-refractivity contribution in [2.75, 3.05) is 13.2 Å². The van der Waals surface area contributed by atoms with E-state index in [2.05, 4.69) is 34.9 Å². The van der Waals surface area contributed by atoms with Gasteiger partial charge in [-0.1, -0.05) is 62.4 Å². The zero-order valence-corrected chi connectivity index (χ0v) is 19.7. The summed E-state index contributed by atoms with van der Waals surface area (Å²) >= 11 is 0. The minimum absolute atomic E-state index is 0.0421. The fourth-order valence-corrected chi connectivity index (χ4v) is 4.99. The first-order valence-corrected chi connectivity index (χ1v) is 11.9. The second-order valence-electron chi connectivity index (χ2n) is 9.76. The van der Waals surface area contributed by atoms with Gasteiger partial charge in [0.1, 0.15) is 12.1 Å². The smallest absolute Gasteiger partial charge is 0.408 e. The van der Waals surface area contributed by atoms with E-state index in [0.717, 1.165) is 28.7 Å². The Hall–Kier alpha value is -3.35. The molecule has 180 valence electrons. The molecule has 0 aromatic heterocycles. The number of rotatable bonds is 9. The van der Waals surface area contributed by atoms with E-state index >= 15 is 0 Å². The number of carboxylic acids is 1. The molecule has 7 nitrogen and oxygen atoms in total. The third-order valence-corrected chi connectivity index (χ3v) is 6.94. The highest BCUT2D eigenvalue weighted by Crippen LogP contribution is 2.44. The van der Waals surface area contributed by atoms with Gasteiger partial charge in [0.15, 0.2) is 0 Å². The van der Waals surface area contributed by atoms with E-state index in [-0.39, 0.29) is 30.9 Å². The van der Waals surface area contributed by atoms with Gasteiger partial charge in [0, 0.05) is 12.5 Å². The van der Waals surface area contributed by atoms with Crippen LogP contribution in [0.2, 0.25) is 0 Å². The molecule has 2 aliphatic carbocycles. The molecule has 1 saturated carbocycles. The molecule has 0 heterocycles. The Balaban J connectivity index is 1.37. The summed E-state index contributed by atoms with van der Waals surface area (Å²) in [5, 5.41) is 15.0. The number of hydrogen-bond donors (Lipinski definition) is 3. The summed E-state index contributed by atoms with van der Waals surface area (Å²) in [6, 6.07) is 16.2. The molecule has 34 heavy (non-hydrogen) atoms. The Kier molecular flexibility index (Phi) is 6.91. The number of ether oxygens (including phenoxy) is 1. The summed E-state index contributed by atoms with van der Waals surface area (Å²) in [5.41, 5.74) is 3.51. The van der Waals surface area contributed by atoms with Crippen LogP contribution in [0.25, 0.3) is 11.1 Å². The van der Waals surface area contributed by atoms with Crippen LogP contribution in [0.4, 0.5) is 4.79 Å². The number of carbonyl (C=O) groups excluding carboxylic acids is 2. The van der Waals surface area contributed by atoms with Gasteiger partial charge in [0.25, 0.3) is 0 Å². The molecule has 4 rings (SSSR count). The van der Waals surface area contributed by atoms with Crippen LogP contribution >= 0.6 is 0 Å². The van der Waals surface area contributed by atoms with E-state index in [1.807, 2.05) is 38.1 Å². The van der Waals surface area contributed by atoms with E-state index in [1.54, 1.807) is 0 Å². The van der Waals surface area contributed by atoms with Gasteiger partial charge in [-0.15, -0.1) is 0 Å². The molecule has 0 saturated heterocycles. The SMILES string of the molecule is CC(C)CC(CNC(=O)C1(NC(=O)OCC2c3ccccc3-c3ccccc32)CCC1)C(=O)O. The molecule has 0 radical (unpaired) electrons. The largest absolute Gasteiger partial charge is 0.481 e. The predicted molar refractivity (Wildman–Crippen MR) is 128 cm³/mol. The minimum Gasteiger partial charge on any atom is -0.481 e. The standard InChI is InChI=1S/C27H32N2O5/c1-17(2)14-18(24(30)31)15-28-25(32)27(12-7-13-27)29-26(33)34-16-23-21-10-5-3-8-19(21)20-9-4-6-11-22(20)23/h3-6,8-11,17-18,23H,7,12-16H2,1-2H3,(H,28,32)(H,29,33)(H,30,31). The Labute approximate surface area is 199 Å². The molecule has 2 aliphatic rings. The Morgan fingerprint density at radius 1 is 1.03 bits per heavy atom. The van der Waals surface area contributed by atoms with Gasteiger partial charge in [-0.05, 0) is 53.9 Å². The van der Waals surface area contributed by atoms with Gasteiger partial charge in [-0.2, -0.15) is 0 Å². The fourth-order valence-electron chi connectivity index (χ4n) is 4.99. The van der Waals surface area contributed by atoms with Crippen molar-refractivity contribution in [3.63, 3.8) is 0 Å². The lowest BCUT2D eigenvalue weighted by Crippen LogP contribution is -2.63. The predicted octanol–water partition coefficient (Wildman–Crippen LogP) is 4.31. The van der Waals surface area contributed by atoms with E-state index in [0.29, 0.717) is 19.3 Å². The fraction of sp³-hybridized carbons (Fsp3) is 0.444. The van der Waals surface area contributed by atoms with Crippen molar-refractivity contribution >= 4 is 18.0 Å². The van der Waals surface area contributed by atoms with Crippen molar-refractivity contribution in [1.82, 2.24) is 10.6 Å². The quantitative estimate of drug-likeness (QED) is 0.513. The van der Waals surface area contributed by atoms with Crippen molar-refractivity contribution in [2.24, 2.45) is 11.8 Å². The first-order valence-electron chi connectivity index (χ1n) is 11.9. The van der Waals surface area contributed by atoms with Crippen LogP contribution in [0.15, 0.2) is 48.5 Å². The van der Waals surface area contributed by atoms with Crippen LogP contribution < -0.4 is 10.6 Å². The zero-order valence-electron chi connectivity index (χ0n) is 19.7. The summed E-state index contributed by atoms with van der Waals surface area (Å²) in [4.78, 5) is 37.1. The maximum absolute atomic E-state index is 12.9. The Morgan fingerprint density at radius 3 is 2.12 bits per heavy atom. The van der Waals surface area contributed by atoms with E-state index in [9.17, 15) is 19.5 Å². The number of carbonyl (C=O) groups is 3. The van der Waals surface area contributed by atoms with Crippen molar-refractivity contribution in [3.05, 3.63) is 59.7 Å². The molecule has 7 heteroatoms. The number of hydrogen-bond acceptors (Lipinski definition) is 4. The van der Waals surface area contributed by atoms with Gasteiger partial charge in [0.2, 0.25) is 5.91 Å². The van der Waals surface area contributed by atoms with Gasteiger partial charge < -0.3 is 20.5 Å². The highest BCUT2D eigenvalue weighted by molar-refractivity contribution is 5.91. The van der Waals surface area contributed by atoms with Crippen LogP contribution in [0.3, 0.4) is 0 Å². The molecule has 2 aromatic carbocycles. The lowest BCUT2D eigenvalue weighted by atomic mass is 9.76. The molecule has 1 atom stereocenters. The first-order chi connectivity index (χ1) is 16.3. The maximum Gasteiger partial charge on any atom is 0.408 e. The van der Waals surface area contributed by atoms with Gasteiger partial charge in [-0.3, -0.25) is 9.59 Å². The second-order valence-corrected chi connectivity index (χ2v) is 9.76. The molecule has 0 spiro atoms. The highest BCUT2D eigenvalue weighted by Gasteiger charge is 2.46. The normalized spacial score (nSPS) is 16.7. The minimum atomic E-state index is -1.04. The van der Waals surface area contributed by atoms with Gasteiger partial charge in [0.05, 0.1) is 5.92 Å². The van der Waals surface area contributed by atoms with E-state index in [1.165, 1.54) is 0 Å².